The second kappa shape index (κ2) is 7.40. The van der Waals surface area contributed by atoms with Crippen molar-refractivity contribution in [3.8, 4) is 5.75 Å². The van der Waals surface area contributed by atoms with E-state index in [9.17, 15) is 9.59 Å². The zero-order valence-corrected chi connectivity index (χ0v) is 19.0. The van der Waals surface area contributed by atoms with Crippen LogP contribution in [0.3, 0.4) is 0 Å². The molecule has 32 heavy (non-hydrogen) atoms. The zero-order valence-electron chi connectivity index (χ0n) is 19.0. The molecular weight excluding hydrogens is 402 g/mol. The van der Waals surface area contributed by atoms with Gasteiger partial charge < -0.3 is 9.64 Å². The minimum Gasteiger partial charge on any atom is -0.486 e. The number of nitrogens with zero attached hydrogens (tertiary/aromatic N) is 3. The predicted octanol–water partition coefficient (Wildman–Crippen LogP) is 4.50. The molecule has 0 atom stereocenters. The van der Waals surface area contributed by atoms with E-state index in [0.717, 1.165) is 33.5 Å². The van der Waals surface area contributed by atoms with Gasteiger partial charge in [0.2, 0.25) is 0 Å². The molecule has 0 N–H and O–H groups in total. The van der Waals surface area contributed by atoms with E-state index in [0.29, 0.717) is 49.2 Å². The Labute approximate surface area is 187 Å². The molecule has 6 heteroatoms. The fourth-order valence-corrected chi connectivity index (χ4v) is 4.96. The highest BCUT2D eigenvalue weighted by molar-refractivity contribution is 6.02. The summed E-state index contributed by atoms with van der Waals surface area (Å²) in [5, 5.41) is 0. The molecule has 3 heterocycles. The quantitative estimate of drug-likeness (QED) is 0.569. The molecule has 0 radical (unpaired) electrons. The average molecular weight is 430 g/mol. The van der Waals surface area contributed by atoms with Crippen LogP contribution in [0.25, 0.3) is 11.0 Å². The molecule has 2 aliphatic rings. The van der Waals surface area contributed by atoms with Crippen molar-refractivity contribution < 1.29 is 14.3 Å². The lowest BCUT2D eigenvalue weighted by Crippen LogP contribution is -2.52. The van der Waals surface area contributed by atoms with E-state index in [-0.39, 0.29) is 11.7 Å². The normalized spacial score (nSPS) is 17.4. The molecule has 0 saturated carbocycles. The third-order valence-electron chi connectivity index (χ3n) is 6.82. The lowest BCUT2D eigenvalue weighted by molar-refractivity contribution is -0.00580. The molecule has 5 rings (SSSR count). The van der Waals surface area contributed by atoms with Crippen LogP contribution in [0.15, 0.2) is 30.3 Å². The van der Waals surface area contributed by atoms with Gasteiger partial charge in [-0.2, -0.15) is 0 Å². The molecule has 6 nitrogen and oxygen atoms in total. The van der Waals surface area contributed by atoms with Crippen LogP contribution >= 0.6 is 0 Å². The van der Waals surface area contributed by atoms with Gasteiger partial charge >= 0.3 is 0 Å². The van der Waals surface area contributed by atoms with Crippen LogP contribution in [0.2, 0.25) is 0 Å². The summed E-state index contributed by atoms with van der Waals surface area (Å²) < 4.78 is 6.43. The van der Waals surface area contributed by atoms with Gasteiger partial charge in [-0.1, -0.05) is 6.07 Å². The van der Waals surface area contributed by atoms with Crippen molar-refractivity contribution in [1.29, 1.82) is 0 Å². The lowest BCUT2D eigenvalue weighted by Gasteiger charge is -2.44. The highest BCUT2D eigenvalue weighted by Gasteiger charge is 2.44. The fraction of sp³-hybridized carbons (Fsp3) is 0.385. The number of Topliss-reactive ketones (excluding diaryl/α,β-unsaturated/α-hetero) is 1. The van der Waals surface area contributed by atoms with Gasteiger partial charge in [-0.05, 0) is 63.1 Å². The second-order valence-electron chi connectivity index (χ2n) is 9.23. The van der Waals surface area contributed by atoms with Crippen molar-refractivity contribution in [3.05, 3.63) is 64.0 Å². The Morgan fingerprint density at radius 3 is 2.38 bits per heavy atom. The first kappa shape index (κ1) is 20.6. The zero-order chi connectivity index (χ0) is 22.6. The Morgan fingerprint density at radius 1 is 0.969 bits per heavy atom. The summed E-state index contributed by atoms with van der Waals surface area (Å²) in [6, 6.07) is 9.48. The molecule has 0 unspecified atom stereocenters. The van der Waals surface area contributed by atoms with E-state index in [1.165, 1.54) is 0 Å². The SMILES string of the molecule is Cc1cc(C)c2c(c1)OC1(CCN(C(=O)c3ccc4nc(C)c(C)nc4c3)CC1)CC2=O. The van der Waals surface area contributed by atoms with Gasteiger partial charge in [0.05, 0.1) is 34.4 Å². The fourth-order valence-electron chi connectivity index (χ4n) is 4.96. The largest absolute Gasteiger partial charge is 0.486 e. The number of ether oxygens (including phenoxy) is 1. The molecule has 2 aliphatic heterocycles. The van der Waals surface area contributed by atoms with E-state index >= 15 is 0 Å². The monoisotopic (exact) mass is 429 g/mol. The number of amides is 1. The van der Waals surface area contributed by atoms with Crippen molar-refractivity contribution in [2.75, 3.05) is 13.1 Å². The van der Waals surface area contributed by atoms with Crippen LogP contribution < -0.4 is 4.74 Å². The molecule has 1 saturated heterocycles. The van der Waals surface area contributed by atoms with Crippen LogP contribution in [0, 0.1) is 27.7 Å². The second-order valence-corrected chi connectivity index (χ2v) is 9.23. The van der Waals surface area contributed by atoms with Gasteiger partial charge in [-0.15, -0.1) is 0 Å². The lowest BCUT2D eigenvalue weighted by atomic mass is 9.81. The maximum absolute atomic E-state index is 13.2. The number of rotatable bonds is 1. The smallest absolute Gasteiger partial charge is 0.253 e. The van der Waals surface area contributed by atoms with E-state index in [1.807, 2.05) is 62.9 Å². The number of hydrogen-bond acceptors (Lipinski definition) is 5. The Morgan fingerprint density at radius 2 is 1.66 bits per heavy atom. The van der Waals surface area contributed by atoms with Gasteiger partial charge in [-0.25, -0.2) is 9.97 Å². The topological polar surface area (TPSA) is 72.4 Å². The van der Waals surface area contributed by atoms with Crippen LogP contribution in [0.1, 0.15) is 62.5 Å². The summed E-state index contributed by atoms with van der Waals surface area (Å²) in [6.45, 7) is 8.95. The number of carbonyl (C=O) groups is 2. The van der Waals surface area contributed by atoms with Crippen molar-refractivity contribution in [3.63, 3.8) is 0 Å². The Kier molecular flexibility index (Phi) is 4.77. The van der Waals surface area contributed by atoms with E-state index in [2.05, 4.69) is 9.97 Å². The minimum atomic E-state index is -0.523. The minimum absolute atomic E-state index is 0.0176. The van der Waals surface area contributed by atoms with Crippen LogP contribution in [0.5, 0.6) is 5.75 Å². The Hall–Kier alpha value is -3.28. The van der Waals surface area contributed by atoms with Gasteiger partial charge in [0, 0.05) is 31.5 Å². The number of carbonyl (C=O) groups excluding carboxylic acids is 2. The molecule has 1 amide bonds. The first-order valence-electron chi connectivity index (χ1n) is 11.1. The molecule has 0 bridgehead atoms. The van der Waals surface area contributed by atoms with E-state index < -0.39 is 5.60 Å². The summed E-state index contributed by atoms with van der Waals surface area (Å²) in [5.74, 6) is 0.815. The van der Waals surface area contributed by atoms with Crippen molar-refractivity contribution in [2.45, 2.75) is 52.6 Å². The van der Waals surface area contributed by atoms with Gasteiger partial charge in [-0.3, -0.25) is 9.59 Å². The van der Waals surface area contributed by atoms with Gasteiger partial charge in [0.15, 0.2) is 5.78 Å². The van der Waals surface area contributed by atoms with Crippen LogP contribution in [0.4, 0.5) is 0 Å². The van der Waals surface area contributed by atoms with E-state index in [1.54, 1.807) is 0 Å². The first-order valence-corrected chi connectivity index (χ1v) is 11.1. The van der Waals surface area contributed by atoms with Gasteiger partial charge in [0.25, 0.3) is 5.91 Å². The van der Waals surface area contributed by atoms with Crippen molar-refractivity contribution in [2.24, 2.45) is 0 Å². The third-order valence-corrected chi connectivity index (χ3v) is 6.82. The molecular formula is C26H27N3O3. The summed E-state index contributed by atoms with van der Waals surface area (Å²) in [7, 11) is 0. The van der Waals surface area contributed by atoms with Crippen LogP contribution in [-0.4, -0.2) is 45.2 Å². The number of likely N-dealkylation sites (tertiary alicyclic amines) is 1. The Bertz CT molecular complexity index is 1270. The summed E-state index contributed by atoms with van der Waals surface area (Å²) in [4.78, 5) is 37.1. The van der Waals surface area contributed by atoms with E-state index in [4.69, 9.17) is 4.74 Å². The number of fused-ring (bicyclic) bond motifs is 2. The number of aromatic nitrogens is 2. The molecule has 164 valence electrons. The maximum Gasteiger partial charge on any atom is 0.253 e. The number of piperidine rings is 1. The number of hydrogen-bond donors (Lipinski definition) is 0. The molecule has 1 aromatic heterocycles. The predicted molar refractivity (Wildman–Crippen MR) is 122 cm³/mol. The first-order chi connectivity index (χ1) is 15.2. The number of benzene rings is 2. The van der Waals surface area contributed by atoms with Gasteiger partial charge in [0.1, 0.15) is 11.4 Å². The number of ketones is 1. The highest BCUT2D eigenvalue weighted by Crippen LogP contribution is 2.41. The molecule has 1 spiro atoms. The summed E-state index contributed by atoms with van der Waals surface area (Å²) >= 11 is 0. The average Bonchev–Trinajstić information content (AvgIpc) is 2.73. The Balaban J connectivity index is 1.34. The van der Waals surface area contributed by atoms with Crippen molar-refractivity contribution >= 4 is 22.7 Å². The van der Waals surface area contributed by atoms with Crippen molar-refractivity contribution in [1.82, 2.24) is 14.9 Å². The molecule has 0 aliphatic carbocycles. The standard InChI is InChI=1S/C26H27N3O3/c1-15-11-16(2)24-22(30)14-26(32-23(24)12-15)7-9-29(10-8-26)25(31)19-5-6-20-21(13-19)28-18(4)17(3)27-20/h5-6,11-13H,7-10,14H2,1-4H3. The summed E-state index contributed by atoms with van der Waals surface area (Å²) in [5.41, 5.74) is 6.15. The molecule has 1 fully saturated rings. The third kappa shape index (κ3) is 3.44. The van der Waals surface area contributed by atoms with Crippen LogP contribution in [-0.2, 0) is 0 Å². The molecule has 2 aromatic carbocycles. The molecule has 3 aromatic rings. The number of aryl methyl sites for hydroxylation is 4. The maximum atomic E-state index is 13.2. The summed E-state index contributed by atoms with van der Waals surface area (Å²) in [6.07, 6.45) is 1.65. The highest BCUT2D eigenvalue weighted by atomic mass is 16.5.